The van der Waals surface area contributed by atoms with Gasteiger partial charge in [-0.15, -0.1) is 0 Å². The number of aliphatic hydroxyl groups is 1. The molecule has 0 amide bonds. The molecule has 0 saturated heterocycles. The highest BCUT2D eigenvalue weighted by molar-refractivity contribution is 6.28. The van der Waals surface area contributed by atoms with E-state index in [0.717, 1.165) is 16.7 Å². The molecule has 4 N–H and O–H groups in total. The zero-order valence-corrected chi connectivity index (χ0v) is 19.6. The van der Waals surface area contributed by atoms with Crippen LogP contribution >= 0.6 is 0 Å². The first-order chi connectivity index (χ1) is 16.3. The number of phenols is 1. The maximum Gasteiger partial charge on any atom is 0.180 e. The lowest BCUT2D eigenvalue weighted by molar-refractivity contribution is -0.135. The lowest BCUT2D eigenvalue weighted by Gasteiger charge is -2.41. The van der Waals surface area contributed by atoms with Gasteiger partial charge in [-0.1, -0.05) is 36.4 Å². The normalized spacial score (nSPS) is 23.2. The summed E-state index contributed by atoms with van der Waals surface area (Å²) >= 11 is 0. The summed E-state index contributed by atoms with van der Waals surface area (Å²) in [6.07, 6.45) is 1.33. The van der Waals surface area contributed by atoms with E-state index in [0.29, 0.717) is 25.0 Å². The summed E-state index contributed by atoms with van der Waals surface area (Å²) in [6.45, 7) is 3.45. The molecule has 7 nitrogen and oxygen atoms in total. The molecule has 3 aliphatic rings. The second kappa shape index (κ2) is 9.15. The topological polar surface area (TPSA) is 132 Å². The summed E-state index contributed by atoms with van der Waals surface area (Å²) in [5, 5.41) is 21.4. The van der Waals surface area contributed by atoms with E-state index < -0.39 is 23.3 Å². The Kier molecular flexibility index (Phi) is 6.38. The fraction of sp³-hybridized carbons (Fsp3) is 0.321. The van der Waals surface area contributed by atoms with Crippen LogP contribution in [0.3, 0.4) is 0 Å². The summed E-state index contributed by atoms with van der Waals surface area (Å²) in [6, 6.07) is 12.8. The van der Waals surface area contributed by atoms with Crippen molar-refractivity contribution in [1.29, 1.82) is 0 Å². The van der Waals surface area contributed by atoms with Crippen molar-refractivity contribution in [3.05, 3.63) is 81.6 Å². The fourth-order valence-electron chi connectivity index (χ4n) is 5.76. The van der Waals surface area contributed by atoms with Crippen molar-refractivity contribution >= 4 is 23.1 Å². The number of aromatic hydroxyl groups is 1. The predicted octanol–water partition coefficient (Wildman–Crippen LogP) is 4.05. The Morgan fingerprint density at radius 3 is 2.46 bits per heavy atom. The Hall–Kier alpha value is -3.71. The molecule has 7 heteroatoms. The number of aliphatic hydroxyl groups excluding tert-OH is 1. The van der Waals surface area contributed by atoms with Gasteiger partial charge < -0.3 is 20.4 Å². The van der Waals surface area contributed by atoms with Gasteiger partial charge in [0.15, 0.2) is 17.3 Å². The molecular formula is C28H32O7. The molecule has 35 heavy (non-hydrogen) atoms. The zero-order chi connectivity index (χ0) is 24.1. The predicted molar refractivity (Wildman–Crippen MR) is 133 cm³/mol. The first-order valence-corrected chi connectivity index (χ1v) is 11.5. The number of phenolic OH excluding ortho intramolecular Hbond substituents is 1. The highest BCUT2D eigenvalue weighted by Gasteiger charge is 2.51. The molecule has 186 valence electrons. The number of hydrogen-bond donors (Lipinski definition) is 2. The number of benzene rings is 2. The van der Waals surface area contributed by atoms with E-state index in [4.69, 9.17) is 4.74 Å². The van der Waals surface area contributed by atoms with Crippen LogP contribution in [0.1, 0.15) is 44.9 Å². The Morgan fingerprint density at radius 2 is 1.77 bits per heavy atom. The Bertz CT molecular complexity index is 1300. The third-order valence-corrected chi connectivity index (χ3v) is 7.35. The molecule has 0 spiro atoms. The smallest absolute Gasteiger partial charge is 0.180 e. The molecule has 0 bridgehead atoms. The van der Waals surface area contributed by atoms with Crippen LogP contribution in [0.25, 0.3) is 5.76 Å². The van der Waals surface area contributed by atoms with Gasteiger partial charge in [0.05, 0.1) is 17.1 Å². The quantitative estimate of drug-likeness (QED) is 0.501. The molecule has 3 atom stereocenters. The third-order valence-electron chi connectivity index (χ3n) is 7.35. The van der Waals surface area contributed by atoms with Crippen LogP contribution in [-0.4, -0.2) is 33.0 Å². The molecule has 2 aromatic carbocycles. The molecule has 0 aromatic heterocycles. The molecular weight excluding hydrogens is 448 g/mol. The van der Waals surface area contributed by atoms with E-state index in [9.17, 15) is 24.6 Å². The second-order valence-electron chi connectivity index (χ2n) is 9.45. The van der Waals surface area contributed by atoms with Gasteiger partial charge in [0.1, 0.15) is 23.9 Å². The van der Waals surface area contributed by atoms with E-state index in [1.165, 1.54) is 13.0 Å². The molecule has 1 saturated carbocycles. The Labute approximate surface area is 206 Å². The standard InChI is InChI=1S/C28H26O6.H2O.2H2/c1-14-8-9-20(30)25-19(14)11-17-10-18-12-21(34-13-16-6-4-3-5-7-16)22(15(2)29)26(31)24(18)27(32)23(17)28(25)33;;;/h3-9,17-18,24,30,33H,10-13H2,1-2H3;1H2;2*1H. The highest BCUT2D eigenvalue weighted by Crippen LogP contribution is 2.50. The van der Waals surface area contributed by atoms with Crippen molar-refractivity contribution in [1.82, 2.24) is 0 Å². The van der Waals surface area contributed by atoms with Crippen LogP contribution in [0.4, 0.5) is 0 Å². The number of ketones is 3. The number of ether oxygens (including phenoxy) is 1. The number of allylic oxidation sites excluding steroid dienone is 3. The van der Waals surface area contributed by atoms with Gasteiger partial charge in [-0.25, -0.2) is 0 Å². The average molecular weight is 481 g/mol. The second-order valence-corrected chi connectivity index (χ2v) is 9.45. The van der Waals surface area contributed by atoms with Crippen LogP contribution in [0.15, 0.2) is 59.4 Å². The minimum absolute atomic E-state index is 0. The van der Waals surface area contributed by atoms with Crippen LogP contribution < -0.4 is 0 Å². The van der Waals surface area contributed by atoms with Crippen molar-refractivity contribution in [2.24, 2.45) is 17.8 Å². The van der Waals surface area contributed by atoms with Gasteiger partial charge in [-0.2, -0.15) is 0 Å². The SMILES string of the molecule is CC(=O)C1=C(OCc2ccccc2)CC2CC3Cc4c(C)ccc(O)c4C(O)=C3C(=O)C2C1=O.O.[HH].[HH]. The lowest BCUT2D eigenvalue weighted by Crippen LogP contribution is -2.46. The number of Topliss-reactive ketones (excluding diaryl/α,β-unsaturated/α-hetero) is 3. The summed E-state index contributed by atoms with van der Waals surface area (Å²) in [5.41, 5.74) is 3.08. The van der Waals surface area contributed by atoms with Crippen LogP contribution in [0.2, 0.25) is 0 Å². The molecule has 3 unspecified atom stereocenters. The molecule has 0 radical (unpaired) electrons. The maximum absolute atomic E-state index is 13.6. The van der Waals surface area contributed by atoms with Crippen LogP contribution in [-0.2, 0) is 32.1 Å². The van der Waals surface area contributed by atoms with Gasteiger partial charge in [0.25, 0.3) is 0 Å². The first-order valence-electron chi connectivity index (χ1n) is 11.5. The van der Waals surface area contributed by atoms with Crippen molar-refractivity contribution in [2.45, 2.75) is 39.7 Å². The molecule has 3 aliphatic carbocycles. The molecule has 0 aliphatic heterocycles. The minimum Gasteiger partial charge on any atom is -0.507 e. The summed E-state index contributed by atoms with van der Waals surface area (Å²) in [4.78, 5) is 39.5. The van der Waals surface area contributed by atoms with E-state index >= 15 is 0 Å². The highest BCUT2D eigenvalue weighted by atomic mass is 16.5. The van der Waals surface area contributed by atoms with Crippen molar-refractivity contribution in [3.8, 4) is 5.75 Å². The summed E-state index contributed by atoms with van der Waals surface area (Å²) in [7, 11) is 0. The fourth-order valence-corrected chi connectivity index (χ4v) is 5.76. The largest absolute Gasteiger partial charge is 0.507 e. The third kappa shape index (κ3) is 3.96. The van der Waals surface area contributed by atoms with Gasteiger partial charge in [-0.3, -0.25) is 14.4 Å². The number of rotatable bonds is 4. The minimum atomic E-state index is -1.02. The average Bonchev–Trinajstić information content (AvgIpc) is 2.80. The molecule has 1 fully saturated rings. The number of carbonyl (C=O) groups excluding carboxylic acids is 3. The van der Waals surface area contributed by atoms with Gasteiger partial charge >= 0.3 is 0 Å². The number of aryl methyl sites for hydroxylation is 1. The van der Waals surface area contributed by atoms with Crippen molar-refractivity contribution in [3.63, 3.8) is 0 Å². The number of fused-ring (bicyclic) bond motifs is 3. The monoisotopic (exact) mass is 480 g/mol. The molecule has 5 rings (SSSR count). The van der Waals surface area contributed by atoms with Gasteiger partial charge in [-0.05, 0) is 61.3 Å². The lowest BCUT2D eigenvalue weighted by atomic mass is 9.61. The molecule has 0 heterocycles. The first kappa shape index (κ1) is 24.4. The molecule has 2 aromatic rings. The van der Waals surface area contributed by atoms with Gasteiger partial charge in [0, 0.05) is 14.8 Å². The van der Waals surface area contributed by atoms with E-state index in [2.05, 4.69) is 0 Å². The summed E-state index contributed by atoms with van der Waals surface area (Å²) in [5.74, 6) is -2.99. The van der Waals surface area contributed by atoms with Crippen molar-refractivity contribution in [2.75, 3.05) is 0 Å². The van der Waals surface area contributed by atoms with Crippen molar-refractivity contribution < 1.29 is 37.7 Å². The summed E-state index contributed by atoms with van der Waals surface area (Å²) < 4.78 is 5.98. The Balaban J connectivity index is 0.00000160. The van der Waals surface area contributed by atoms with E-state index in [1.54, 1.807) is 6.07 Å². The van der Waals surface area contributed by atoms with E-state index in [1.807, 2.05) is 37.3 Å². The number of hydrogen-bond acceptors (Lipinski definition) is 6. The zero-order valence-electron chi connectivity index (χ0n) is 19.6. The van der Waals surface area contributed by atoms with E-state index in [-0.39, 0.29) is 55.0 Å². The Morgan fingerprint density at radius 1 is 1.06 bits per heavy atom. The maximum atomic E-state index is 13.6. The van der Waals surface area contributed by atoms with Crippen LogP contribution in [0.5, 0.6) is 5.75 Å². The van der Waals surface area contributed by atoms with Crippen LogP contribution in [0, 0.1) is 24.7 Å². The van der Waals surface area contributed by atoms with Gasteiger partial charge in [0.2, 0.25) is 0 Å². The number of carbonyl (C=O) groups is 3.